The Bertz CT molecular complexity index is 383. The lowest BCUT2D eigenvalue weighted by Crippen LogP contribution is -2.24. The molecule has 1 aliphatic heterocycles. The first-order valence-corrected chi connectivity index (χ1v) is 6.24. The number of carbonyl (C=O) groups excluding carboxylic acids is 1. The van der Waals surface area contributed by atoms with Gasteiger partial charge in [0.05, 0.1) is 12.7 Å². The van der Waals surface area contributed by atoms with Crippen molar-refractivity contribution < 1.29 is 18.7 Å². The number of ketones is 1. The number of ether oxygens (including phenoxy) is 2. The number of hydrogen-bond acceptors (Lipinski definition) is 3. The minimum Gasteiger partial charge on any atom is -0.381 e. The van der Waals surface area contributed by atoms with Gasteiger partial charge in [0.25, 0.3) is 0 Å². The van der Waals surface area contributed by atoms with Crippen LogP contribution in [0.1, 0.15) is 29.6 Å². The van der Waals surface area contributed by atoms with Gasteiger partial charge in [0.2, 0.25) is 0 Å². The van der Waals surface area contributed by atoms with Crippen molar-refractivity contribution in [1.82, 2.24) is 0 Å². The Morgan fingerprint density at radius 3 is 2.61 bits per heavy atom. The van der Waals surface area contributed by atoms with Crippen LogP contribution in [0.2, 0.25) is 0 Å². The molecule has 1 aromatic rings. The summed E-state index contributed by atoms with van der Waals surface area (Å²) in [6.07, 6.45) is 2.33. The van der Waals surface area contributed by atoms with Crippen LogP contribution in [-0.4, -0.2) is 31.7 Å². The van der Waals surface area contributed by atoms with E-state index in [0.717, 1.165) is 26.1 Å². The Morgan fingerprint density at radius 2 is 1.94 bits per heavy atom. The normalized spacial score (nSPS) is 16.7. The van der Waals surface area contributed by atoms with Gasteiger partial charge in [-0.3, -0.25) is 4.79 Å². The Morgan fingerprint density at radius 1 is 1.28 bits per heavy atom. The molecule has 0 spiro atoms. The second-order valence-electron chi connectivity index (χ2n) is 4.36. The summed E-state index contributed by atoms with van der Waals surface area (Å²) < 4.78 is 23.5. The molecule has 0 bridgehead atoms. The number of Topliss-reactive ketones (excluding diaryl/α,β-unsaturated/α-hetero) is 1. The van der Waals surface area contributed by atoms with Gasteiger partial charge >= 0.3 is 0 Å². The van der Waals surface area contributed by atoms with Gasteiger partial charge in [-0.05, 0) is 37.1 Å². The highest BCUT2D eigenvalue weighted by molar-refractivity contribution is 5.96. The van der Waals surface area contributed by atoms with Crippen molar-refractivity contribution in [2.45, 2.75) is 25.4 Å². The predicted octanol–water partition coefficient (Wildman–Crippen LogP) is 2.59. The smallest absolute Gasteiger partial charge is 0.165 e. The molecule has 18 heavy (non-hydrogen) atoms. The average Bonchev–Trinajstić information content (AvgIpc) is 2.40. The second kappa shape index (κ2) is 6.61. The summed E-state index contributed by atoms with van der Waals surface area (Å²) in [5.74, 6) is -0.341. The molecule has 0 unspecified atom stereocenters. The van der Waals surface area contributed by atoms with Crippen LogP contribution >= 0.6 is 0 Å². The standard InChI is InChI=1S/C14H17FO3/c15-12-3-1-11(2-4-12)14(16)7-10-18-13-5-8-17-9-6-13/h1-4,13H,5-10H2. The van der Waals surface area contributed by atoms with Crippen LogP contribution in [0, 0.1) is 5.82 Å². The van der Waals surface area contributed by atoms with Crippen LogP contribution in [-0.2, 0) is 9.47 Å². The van der Waals surface area contributed by atoms with Crippen molar-refractivity contribution in [3.8, 4) is 0 Å². The number of carbonyl (C=O) groups is 1. The van der Waals surface area contributed by atoms with Crippen molar-refractivity contribution in [1.29, 1.82) is 0 Å². The maximum absolute atomic E-state index is 12.7. The fourth-order valence-electron chi connectivity index (χ4n) is 1.94. The fourth-order valence-corrected chi connectivity index (χ4v) is 1.94. The van der Waals surface area contributed by atoms with E-state index < -0.39 is 0 Å². The number of hydrogen-bond donors (Lipinski definition) is 0. The Labute approximate surface area is 106 Å². The predicted molar refractivity (Wildman–Crippen MR) is 65.1 cm³/mol. The molecule has 1 heterocycles. The number of rotatable bonds is 5. The minimum atomic E-state index is -0.329. The van der Waals surface area contributed by atoms with Crippen LogP contribution in [0.5, 0.6) is 0 Å². The SMILES string of the molecule is O=C(CCOC1CCOCC1)c1ccc(F)cc1. The zero-order valence-electron chi connectivity index (χ0n) is 10.2. The second-order valence-corrected chi connectivity index (χ2v) is 4.36. The van der Waals surface area contributed by atoms with E-state index in [1.807, 2.05) is 0 Å². The molecule has 98 valence electrons. The van der Waals surface area contributed by atoms with Gasteiger partial charge in [-0.2, -0.15) is 0 Å². The van der Waals surface area contributed by atoms with E-state index in [1.54, 1.807) is 0 Å². The largest absolute Gasteiger partial charge is 0.381 e. The van der Waals surface area contributed by atoms with Crippen LogP contribution < -0.4 is 0 Å². The molecule has 1 aliphatic rings. The van der Waals surface area contributed by atoms with Gasteiger partial charge in [-0.25, -0.2) is 4.39 Å². The first kappa shape index (κ1) is 13.2. The highest BCUT2D eigenvalue weighted by atomic mass is 19.1. The summed E-state index contributed by atoms with van der Waals surface area (Å²) in [6, 6.07) is 5.61. The molecular weight excluding hydrogens is 235 g/mol. The zero-order valence-corrected chi connectivity index (χ0v) is 10.2. The molecule has 0 saturated carbocycles. The maximum Gasteiger partial charge on any atom is 0.165 e. The fraction of sp³-hybridized carbons (Fsp3) is 0.500. The van der Waals surface area contributed by atoms with Crippen molar-refractivity contribution in [3.05, 3.63) is 35.6 Å². The topological polar surface area (TPSA) is 35.5 Å². The van der Waals surface area contributed by atoms with Gasteiger partial charge < -0.3 is 9.47 Å². The molecule has 0 radical (unpaired) electrons. The lowest BCUT2D eigenvalue weighted by atomic mass is 10.1. The van der Waals surface area contributed by atoms with E-state index in [4.69, 9.17) is 9.47 Å². The maximum atomic E-state index is 12.7. The van der Waals surface area contributed by atoms with Crippen LogP contribution in [0.3, 0.4) is 0 Å². The highest BCUT2D eigenvalue weighted by Crippen LogP contribution is 2.12. The Balaban J connectivity index is 1.72. The lowest BCUT2D eigenvalue weighted by Gasteiger charge is -2.22. The molecule has 1 fully saturated rings. The number of benzene rings is 1. The summed E-state index contributed by atoms with van der Waals surface area (Å²) in [4.78, 5) is 11.8. The summed E-state index contributed by atoms with van der Waals surface area (Å²) in [5, 5.41) is 0. The lowest BCUT2D eigenvalue weighted by molar-refractivity contribution is -0.0309. The Kier molecular flexibility index (Phi) is 4.84. The molecule has 0 amide bonds. The van der Waals surface area contributed by atoms with E-state index in [-0.39, 0.29) is 17.7 Å². The van der Waals surface area contributed by atoms with Gasteiger partial charge in [0.1, 0.15) is 5.82 Å². The van der Waals surface area contributed by atoms with E-state index in [2.05, 4.69) is 0 Å². The zero-order chi connectivity index (χ0) is 12.8. The molecule has 0 atom stereocenters. The van der Waals surface area contributed by atoms with Crippen LogP contribution in [0.15, 0.2) is 24.3 Å². The molecular formula is C14H17FO3. The average molecular weight is 252 g/mol. The van der Waals surface area contributed by atoms with Crippen LogP contribution in [0.25, 0.3) is 0 Å². The molecule has 4 heteroatoms. The van der Waals surface area contributed by atoms with Crippen molar-refractivity contribution in [3.63, 3.8) is 0 Å². The van der Waals surface area contributed by atoms with Gasteiger partial charge in [0.15, 0.2) is 5.78 Å². The minimum absolute atomic E-state index is 0.0120. The van der Waals surface area contributed by atoms with Crippen molar-refractivity contribution in [2.24, 2.45) is 0 Å². The third kappa shape index (κ3) is 3.89. The third-order valence-electron chi connectivity index (χ3n) is 3.02. The van der Waals surface area contributed by atoms with Crippen molar-refractivity contribution in [2.75, 3.05) is 19.8 Å². The molecule has 0 aromatic heterocycles. The Hall–Kier alpha value is -1.26. The summed E-state index contributed by atoms with van der Waals surface area (Å²) in [7, 11) is 0. The van der Waals surface area contributed by atoms with E-state index >= 15 is 0 Å². The summed E-state index contributed by atoms with van der Waals surface area (Å²) >= 11 is 0. The summed E-state index contributed by atoms with van der Waals surface area (Å²) in [5.41, 5.74) is 0.534. The van der Waals surface area contributed by atoms with Gasteiger partial charge in [-0.1, -0.05) is 0 Å². The highest BCUT2D eigenvalue weighted by Gasteiger charge is 2.14. The quantitative estimate of drug-likeness (QED) is 0.756. The molecule has 1 saturated heterocycles. The van der Waals surface area contributed by atoms with Gasteiger partial charge in [-0.15, -0.1) is 0 Å². The molecule has 1 aromatic carbocycles. The number of halogens is 1. The van der Waals surface area contributed by atoms with E-state index in [0.29, 0.717) is 18.6 Å². The van der Waals surface area contributed by atoms with Crippen LogP contribution in [0.4, 0.5) is 4.39 Å². The summed E-state index contributed by atoms with van der Waals surface area (Å²) in [6.45, 7) is 1.88. The van der Waals surface area contributed by atoms with Crippen molar-refractivity contribution >= 4 is 5.78 Å². The third-order valence-corrected chi connectivity index (χ3v) is 3.02. The first-order chi connectivity index (χ1) is 8.75. The molecule has 3 nitrogen and oxygen atoms in total. The van der Waals surface area contributed by atoms with E-state index in [9.17, 15) is 9.18 Å². The van der Waals surface area contributed by atoms with E-state index in [1.165, 1.54) is 24.3 Å². The molecule has 2 rings (SSSR count). The van der Waals surface area contributed by atoms with Gasteiger partial charge in [0, 0.05) is 25.2 Å². The molecule has 0 aliphatic carbocycles. The first-order valence-electron chi connectivity index (χ1n) is 6.24. The monoisotopic (exact) mass is 252 g/mol. The molecule has 0 N–H and O–H groups in total.